The molecule has 0 saturated heterocycles. The van der Waals surface area contributed by atoms with Gasteiger partial charge in [0, 0.05) is 40.0 Å². The first-order chi connectivity index (χ1) is 35.7. The Morgan fingerprint density at radius 1 is 0.315 bits per heavy atom. The van der Waals surface area contributed by atoms with Crippen molar-refractivity contribution in [1.29, 1.82) is 0 Å². The minimum Gasteiger partial charge on any atom is -0.311 e. The molecule has 0 fully saturated rings. The Bertz CT molecular complexity index is 3020. The summed E-state index contributed by atoms with van der Waals surface area (Å²) in [7, 11) is 0. The maximum atomic E-state index is 2.35. The lowest BCUT2D eigenvalue weighted by Gasteiger charge is -2.26. The molecule has 0 spiro atoms. The highest BCUT2D eigenvalue weighted by atomic mass is 15.1. The molecule has 2 heteroatoms. The molecule has 9 rings (SSSR count). The van der Waals surface area contributed by atoms with Crippen LogP contribution in [0.15, 0.2) is 212 Å². The molecule has 73 heavy (non-hydrogen) atoms. The molecule has 0 amide bonds. The normalized spacial score (nSPS) is 11.9. The lowest BCUT2D eigenvalue weighted by Crippen LogP contribution is -2.10. The largest absolute Gasteiger partial charge is 0.311 e. The fraction of sp³-hybridized carbons (Fsp3) is 0.183. The van der Waals surface area contributed by atoms with E-state index in [1.54, 1.807) is 0 Å². The lowest BCUT2D eigenvalue weighted by molar-refractivity contribution is 0.794. The molecule has 0 aliphatic carbocycles. The summed E-state index contributed by atoms with van der Waals surface area (Å²) in [5, 5.41) is 0. The van der Waals surface area contributed by atoms with Crippen LogP contribution in [-0.4, -0.2) is 0 Å². The molecule has 0 saturated carbocycles. The topological polar surface area (TPSA) is 6.48 Å². The summed E-state index contributed by atoms with van der Waals surface area (Å²) in [5.74, 6) is 0.176. The third-order valence-corrected chi connectivity index (χ3v) is 14.3. The smallest absolute Gasteiger partial charge is 0.0464 e. The molecule has 0 radical (unpaired) electrons. The maximum absolute atomic E-state index is 2.35. The van der Waals surface area contributed by atoms with Gasteiger partial charge in [-0.15, -0.1) is 0 Å². The Hall–Kier alpha value is -7.94. The van der Waals surface area contributed by atoms with Crippen molar-refractivity contribution in [3.63, 3.8) is 0 Å². The molecular formula is C71H70N2. The molecule has 0 aliphatic heterocycles. The zero-order chi connectivity index (χ0) is 50.5. The van der Waals surface area contributed by atoms with Crippen LogP contribution in [0, 0.1) is 27.7 Å². The van der Waals surface area contributed by atoms with Crippen LogP contribution in [0.4, 0.5) is 34.1 Å². The van der Waals surface area contributed by atoms with Crippen LogP contribution in [0.3, 0.4) is 0 Å². The second-order valence-corrected chi connectivity index (χ2v) is 19.8. The van der Waals surface area contributed by atoms with Gasteiger partial charge in [-0.2, -0.15) is 0 Å². The molecule has 0 N–H and O–H groups in total. The van der Waals surface area contributed by atoms with Gasteiger partial charge in [-0.1, -0.05) is 202 Å². The molecule has 0 heterocycles. The van der Waals surface area contributed by atoms with Crippen LogP contribution >= 0.6 is 0 Å². The summed E-state index contributed by atoms with van der Waals surface area (Å²) >= 11 is 0. The molecule has 0 bridgehead atoms. The van der Waals surface area contributed by atoms with Gasteiger partial charge in [-0.05, 0) is 187 Å². The van der Waals surface area contributed by atoms with E-state index in [4.69, 9.17) is 0 Å². The highest BCUT2D eigenvalue weighted by Crippen LogP contribution is 2.38. The van der Waals surface area contributed by atoms with E-state index in [2.05, 4.69) is 288 Å². The summed E-state index contributed by atoms with van der Waals surface area (Å²) in [6.45, 7) is 13.2. The molecule has 0 aromatic heterocycles. The highest BCUT2D eigenvalue weighted by molar-refractivity contribution is 5.81. The van der Waals surface area contributed by atoms with Gasteiger partial charge in [0.25, 0.3) is 0 Å². The Balaban J connectivity index is 0.905. The Morgan fingerprint density at radius 2 is 0.603 bits per heavy atom. The molecular weight excluding hydrogens is 881 g/mol. The number of anilines is 6. The molecule has 2 nitrogen and oxygen atoms in total. The first-order valence-electron chi connectivity index (χ1n) is 26.5. The molecule has 0 aliphatic rings. The summed E-state index contributed by atoms with van der Waals surface area (Å²) in [6.07, 6.45) is 15.9. The Labute approximate surface area is 436 Å². The minimum atomic E-state index is 0.176. The van der Waals surface area contributed by atoms with E-state index in [0.717, 1.165) is 63.7 Å². The second kappa shape index (κ2) is 24.0. The van der Waals surface area contributed by atoms with Gasteiger partial charge in [0.15, 0.2) is 0 Å². The summed E-state index contributed by atoms with van der Waals surface area (Å²) < 4.78 is 0. The van der Waals surface area contributed by atoms with Crippen LogP contribution < -0.4 is 9.80 Å². The summed E-state index contributed by atoms with van der Waals surface area (Å²) in [6, 6.07) is 78.7. The molecule has 1 atom stereocenters. The Kier molecular flexibility index (Phi) is 16.4. The van der Waals surface area contributed by atoms with Gasteiger partial charge < -0.3 is 9.80 Å². The van der Waals surface area contributed by atoms with Crippen molar-refractivity contribution in [2.45, 2.75) is 86.0 Å². The fourth-order valence-electron chi connectivity index (χ4n) is 9.63. The zero-order valence-corrected chi connectivity index (χ0v) is 43.7. The van der Waals surface area contributed by atoms with E-state index >= 15 is 0 Å². The van der Waals surface area contributed by atoms with Crippen molar-refractivity contribution in [3.05, 3.63) is 285 Å². The molecule has 364 valence electrons. The zero-order valence-electron chi connectivity index (χ0n) is 43.7. The van der Waals surface area contributed by atoms with Gasteiger partial charge in [0.1, 0.15) is 0 Å². The van der Waals surface area contributed by atoms with Gasteiger partial charge in [-0.25, -0.2) is 0 Å². The highest BCUT2D eigenvalue weighted by Gasteiger charge is 2.18. The number of hydrogen-bond donors (Lipinski definition) is 0. The molecule has 9 aromatic rings. The van der Waals surface area contributed by atoms with Crippen molar-refractivity contribution < 1.29 is 0 Å². The summed E-state index contributed by atoms with van der Waals surface area (Å²) in [4.78, 5) is 4.70. The van der Waals surface area contributed by atoms with Crippen LogP contribution in [0.2, 0.25) is 0 Å². The fourth-order valence-corrected chi connectivity index (χ4v) is 9.63. The van der Waals surface area contributed by atoms with Crippen molar-refractivity contribution in [3.8, 4) is 0 Å². The van der Waals surface area contributed by atoms with Gasteiger partial charge >= 0.3 is 0 Å². The van der Waals surface area contributed by atoms with Crippen LogP contribution in [-0.2, 0) is 12.8 Å². The molecule has 9 aromatic carbocycles. The number of benzene rings is 9. The van der Waals surface area contributed by atoms with E-state index in [1.165, 1.54) is 81.3 Å². The van der Waals surface area contributed by atoms with Crippen molar-refractivity contribution in [2.75, 3.05) is 9.80 Å². The number of aryl methyl sites for hydroxylation is 6. The number of unbranched alkanes of at least 4 members (excludes halogenated alkanes) is 2. The van der Waals surface area contributed by atoms with Crippen molar-refractivity contribution in [2.24, 2.45) is 0 Å². The van der Waals surface area contributed by atoms with Crippen molar-refractivity contribution in [1.82, 2.24) is 0 Å². The minimum absolute atomic E-state index is 0.176. The van der Waals surface area contributed by atoms with E-state index in [9.17, 15) is 0 Å². The first kappa shape index (κ1) is 50.0. The van der Waals surface area contributed by atoms with Crippen molar-refractivity contribution >= 4 is 58.4 Å². The average Bonchev–Trinajstić information content (AvgIpc) is 3.43. The number of nitrogens with zero attached hydrogens (tertiary/aromatic N) is 2. The van der Waals surface area contributed by atoms with E-state index < -0.39 is 0 Å². The predicted molar refractivity (Wildman–Crippen MR) is 317 cm³/mol. The van der Waals surface area contributed by atoms with E-state index in [0.29, 0.717) is 0 Å². The first-order valence-corrected chi connectivity index (χ1v) is 26.5. The van der Waals surface area contributed by atoms with Crippen LogP contribution in [0.5, 0.6) is 0 Å². The third-order valence-electron chi connectivity index (χ3n) is 14.3. The van der Waals surface area contributed by atoms with Crippen LogP contribution in [0.1, 0.15) is 118 Å². The molecule has 1 unspecified atom stereocenters. The SMILES string of the molecule is CCCCc1ccc(C(c2ccc(C)cc2)c2ccc(/C=C\c3ccc(N(c4ccc(/C=C/c5ccc(N(c6ccc(C)cc6)c6ccc(CCCC)cc6)cc5)cc4)c4ccc(C)c(C)c4)cc3)cc2)cc1. The van der Waals surface area contributed by atoms with Gasteiger partial charge in [0.2, 0.25) is 0 Å². The Morgan fingerprint density at radius 3 is 0.986 bits per heavy atom. The predicted octanol–water partition coefficient (Wildman–Crippen LogP) is 20.1. The number of hydrogen-bond acceptors (Lipinski definition) is 2. The van der Waals surface area contributed by atoms with E-state index in [1.807, 2.05) is 0 Å². The average molecular weight is 951 g/mol. The van der Waals surface area contributed by atoms with Crippen LogP contribution in [0.25, 0.3) is 24.3 Å². The quantitative estimate of drug-likeness (QED) is 0.0589. The summed E-state index contributed by atoms with van der Waals surface area (Å²) in [5.41, 5.74) is 23.3. The third kappa shape index (κ3) is 12.8. The van der Waals surface area contributed by atoms with E-state index in [-0.39, 0.29) is 5.92 Å². The lowest BCUT2D eigenvalue weighted by atomic mass is 9.84. The van der Waals surface area contributed by atoms with Gasteiger partial charge in [-0.3, -0.25) is 0 Å². The second-order valence-electron chi connectivity index (χ2n) is 19.8. The monoisotopic (exact) mass is 951 g/mol. The standard InChI is InChI=1S/C71H70N2/c1-7-9-11-56-22-36-63(37-23-56)71(62-34-13-52(3)14-35-62)64-38-24-58(25-39-64)18-19-59-30-47-68(48-31-59)73(70-42-17-54(5)55(6)51-70)69-49-32-61(33-50-69)21-20-60-28-45-67(46-29-60)72(65-40-15-53(4)16-41-65)66-43-26-57(27-44-66)12-10-8-2/h13-51,71H,7-12H2,1-6H3/b19-18-,21-20+. The van der Waals surface area contributed by atoms with Gasteiger partial charge in [0.05, 0.1) is 0 Å². The maximum Gasteiger partial charge on any atom is 0.0464 e. The number of rotatable bonds is 19.